The molecule has 0 aromatic heterocycles. The topological polar surface area (TPSA) is 149 Å². The van der Waals surface area contributed by atoms with Crippen molar-refractivity contribution in [1.82, 2.24) is 0 Å². The zero-order valence-electron chi connectivity index (χ0n) is 12.8. The van der Waals surface area contributed by atoms with Crippen LogP contribution in [0, 0.1) is 0 Å². The predicted octanol–water partition coefficient (Wildman–Crippen LogP) is 1.90. The number of fused-ring (bicyclic) bond motifs is 1. The lowest BCUT2D eigenvalue weighted by Crippen LogP contribution is -2.15. The zero-order chi connectivity index (χ0) is 18.3. The van der Waals surface area contributed by atoms with Crippen LogP contribution in [0.3, 0.4) is 0 Å². The van der Waals surface area contributed by atoms with E-state index in [0.29, 0.717) is 24.0 Å². The van der Waals surface area contributed by atoms with Gasteiger partial charge in [-0.25, -0.2) is 9.59 Å². The molecule has 8 nitrogen and oxygen atoms in total. The minimum Gasteiger partial charge on any atom is -0.481 e. The van der Waals surface area contributed by atoms with Gasteiger partial charge in [-0.1, -0.05) is 0 Å². The number of carbonyl (C=O) groups is 4. The average molecular weight is 338 g/mol. The molecule has 1 aromatic rings. The summed E-state index contributed by atoms with van der Waals surface area (Å²) in [6.07, 6.45) is 2.59. The molecule has 0 radical (unpaired) electrons. The SMILES string of the molecule is O=C(O)CCC(=O)O.O=C(O)c1ccc(C(=O)O)c2c1CCCC2. The summed E-state index contributed by atoms with van der Waals surface area (Å²) in [5, 5.41) is 33.8. The zero-order valence-corrected chi connectivity index (χ0v) is 12.8. The highest BCUT2D eigenvalue weighted by Gasteiger charge is 2.22. The molecule has 0 fully saturated rings. The standard InChI is InChI=1S/C12H12O4.C4H6O4/c13-11(14)9-5-6-10(12(15)16)8-4-2-1-3-7(8)9;5-3(6)1-2-4(7)8/h5-6H,1-4H2,(H,13,14)(H,15,16);1-2H2,(H,5,6)(H,7,8). The van der Waals surface area contributed by atoms with Crippen molar-refractivity contribution in [2.75, 3.05) is 0 Å². The molecule has 1 aliphatic carbocycles. The van der Waals surface area contributed by atoms with Crippen LogP contribution in [0.5, 0.6) is 0 Å². The van der Waals surface area contributed by atoms with Crippen LogP contribution in [-0.4, -0.2) is 44.3 Å². The molecule has 0 atom stereocenters. The molecule has 0 amide bonds. The molecule has 0 spiro atoms. The molecule has 1 aliphatic rings. The van der Waals surface area contributed by atoms with E-state index < -0.39 is 23.9 Å². The minimum absolute atomic E-state index is 0.250. The Labute approximate surface area is 137 Å². The van der Waals surface area contributed by atoms with Gasteiger partial charge in [0, 0.05) is 0 Å². The van der Waals surface area contributed by atoms with Crippen LogP contribution in [0.4, 0.5) is 0 Å². The average Bonchev–Trinajstić information content (AvgIpc) is 2.52. The van der Waals surface area contributed by atoms with Crippen LogP contribution < -0.4 is 0 Å². The van der Waals surface area contributed by atoms with Crippen LogP contribution in [0.1, 0.15) is 57.5 Å². The fourth-order valence-corrected chi connectivity index (χ4v) is 2.48. The summed E-state index contributed by atoms with van der Waals surface area (Å²) >= 11 is 0. The second-order valence-corrected chi connectivity index (χ2v) is 5.22. The van der Waals surface area contributed by atoms with E-state index in [9.17, 15) is 19.2 Å². The van der Waals surface area contributed by atoms with Crippen LogP contribution in [-0.2, 0) is 22.4 Å². The highest BCUT2D eigenvalue weighted by molar-refractivity contribution is 5.95. The van der Waals surface area contributed by atoms with Crippen molar-refractivity contribution in [3.8, 4) is 0 Å². The van der Waals surface area contributed by atoms with E-state index in [1.165, 1.54) is 12.1 Å². The number of aliphatic carboxylic acids is 2. The number of hydrogen-bond acceptors (Lipinski definition) is 4. The number of hydrogen-bond donors (Lipinski definition) is 4. The predicted molar refractivity (Wildman–Crippen MR) is 81.5 cm³/mol. The molecule has 0 saturated heterocycles. The van der Waals surface area contributed by atoms with Crippen molar-refractivity contribution in [2.24, 2.45) is 0 Å². The molecule has 4 N–H and O–H groups in total. The van der Waals surface area contributed by atoms with Gasteiger partial charge in [0.25, 0.3) is 0 Å². The minimum atomic E-state index is -1.08. The van der Waals surface area contributed by atoms with E-state index in [-0.39, 0.29) is 24.0 Å². The molecule has 0 saturated carbocycles. The lowest BCUT2D eigenvalue weighted by Gasteiger charge is -2.19. The smallest absolute Gasteiger partial charge is 0.335 e. The van der Waals surface area contributed by atoms with Gasteiger partial charge in [0.05, 0.1) is 24.0 Å². The van der Waals surface area contributed by atoms with E-state index >= 15 is 0 Å². The van der Waals surface area contributed by atoms with Gasteiger partial charge < -0.3 is 20.4 Å². The van der Waals surface area contributed by atoms with Gasteiger partial charge in [0.1, 0.15) is 0 Å². The van der Waals surface area contributed by atoms with Crippen LogP contribution in [0.25, 0.3) is 0 Å². The first-order chi connectivity index (χ1) is 11.2. The Kier molecular flexibility index (Phi) is 6.91. The summed E-state index contributed by atoms with van der Waals surface area (Å²) in [4.78, 5) is 41.3. The van der Waals surface area contributed by atoms with Crippen LogP contribution in [0.2, 0.25) is 0 Å². The maximum atomic E-state index is 11.0. The molecular weight excluding hydrogens is 320 g/mol. The molecule has 8 heteroatoms. The van der Waals surface area contributed by atoms with Crippen molar-refractivity contribution in [3.05, 3.63) is 34.4 Å². The number of benzene rings is 1. The van der Waals surface area contributed by atoms with Gasteiger partial charge in [0.15, 0.2) is 0 Å². The Morgan fingerprint density at radius 3 is 1.29 bits per heavy atom. The normalized spacial score (nSPS) is 12.3. The van der Waals surface area contributed by atoms with Crippen molar-refractivity contribution in [3.63, 3.8) is 0 Å². The summed E-state index contributed by atoms with van der Waals surface area (Å²) in [5.74, 6) is -4.11. The van der Waals surface area contributed by atoms with Crippen LogP contribution in [0.15, 0.2) is 12.1 Å². The highest BCUT2D eigenvalue weighted by atomic mass is 16.4. The monoisotopic (exact) mass is 338 g/mol. The van der Waals surface area contributed by atoms with Gasteiger partial charge in [-0.2, -0.15) is 0 Å². The Balaban J connectivity index is 0.000000307. The van der Waals surface area contributed by atoms with Crippen molar-refractivity contribution in [2.45, 2.75) is 38.5 Å². The number of aromatic carboxylic acids is 2. The van der Waals surface area contributed by atoms with Crippen LogP contribution >= 0.6 is 0 Å². The summed E-state index contributed by atoms with van der Waals surface area (Å²) in [6, 6.07) is 2.80. The Morgan fingerprint density at radius 2 is 1.04 bits per heavy atom. The highest BCUT2D eigenvalue weighted by Crippen LogP contribution is 2.27. The van der Waals surface area contributed by atoms with Crippen molar-refractivity contribution < 1.29 is 39.6 Å². The van der Waals surface area contributed by atoms with E-state index in [0.717, 1.165) is 12.8 Å². The third kappa shape index (κ3) is 5.38. The molecule has 2 rings (SSSR count). The second kappa shape index (κ2) is 8.66. The fourth-order valence-electron chi connectivity index (χ4n) is 2.48. The number of rotatable bonds is 5. The van der Waals surface area contributed by atoms with E-state index in [1.54, 1.807) is 0 Å². The first-order valence-electron chi connectivity index (χ1n) is 7.29. The van der Waals surface area contributed by atoms with E-state index in [2.05, 4.69) is 0 Å². The molecule has 130 valence electrons. The first kappa shape index (κ1) is 19.1. The third-order valence-electron chi connectivity index (χ3n) is 3.55. The van der Waals surface area contributed by atoms with Gasteiger partial charge in [0.2, 0.25) is 0 Å². The maximum absolute atomic E-state index is 11.0. The Morgan fingerprint density at radius 1 is 0.708 bits per heavy atom. The molecule has 0 bridgehead atoms. The summed E-state index contributed by atoms with van der Waals surface area (Å²) in [7, 11) is 0. The number of carboxylic acid groups (broad SMARTS) is 4. The number of carboxylic acids is 4. The molecule has 0 aliphatic heterocycles. The quantitative estimate of drug-likeness (QED) is 0.636. The molecule has 0 heterocycles. The molecule has 0 unspecified atom stereocenters. The van der Waals surface area contributed by atoms with Gasteiger partial charge >= 0.3 is 23.9 Å². The lowest BCUT2D eigenvalue weighted by atomic mass is 9.85. The second-order valence-electron chi connectivity index (χ2n) is 5.22. The van der Waals surface area contributed by atoms with Crippen molar-refractivity contribution in [1.29, 1.82) is 0 Å². The molecular formula is C16H18O8. The summed E-state index contributed by atoms with van der Waals surface area (Å²) < 4.78 is 0. The molecule has 1 aromatic carbocycles. The summed E-state index contributed by atoms with van der Waals surface area (Å²) in [6.45, 7) is 0. The van der Waals surface area contributed by atoms with Crippen molar-refractivity contribution >= 4 is 23.9 Å². The first-order valence-corrected chi connectivity index (χ1v) is 7.29. The van der Waals surface area contributed by atoms with Gasteiger partial charge in [-0.15, -0.1) is 0 Å². The fraction of sp³-hybridized carbons (Fsp3) is 0.375. The lowest BCUT2D eigenvalue weighted by molar-refractivity contribution is -0.143. The van der Waals surface area contributed by atoms with Gasteiger partial charge in [-0.05, 0) is 48.9 Å². The Hall–Kier alpha value is -2.90. The molecule has 24 heavy (non-hydrogen) atoms. The Bertz CT molecular complexity index is 605. The van der Waals surface area contributed by atoms with Gasteiger partial charge in [-0.3, -0.25) is 9.59 Å². The maximum Gasteiger partial charge on any atom is 0.335 e. The largest absolute Gasteiger partial charge is 0.481 e. The van der Waals surface area contributed by atoms with E-state index in [4.69, 9.17) is 20.4 Å². The third-order valence-corrected chi connectivity index (χ3v) is 3.55. The summed E-state index contributed by atoms with van der Waals surface area (Å²) in [5.41, 5.74) is 1.91. The van der Waals surface area contributed by atoms with E-state index in [1.807, 2.05) is 0 Å².